The number of hydrogen-bond acceptors (Lipinski definition) is 4. The van der Waals surface area contributed by atoms with Gasteiger partial charge in [0.1, 0.15) is 12.4 Å². The molecule has 0 saturated heterocycles. The molecule has 2 rings (SSSR count). The number of aliphatic hydroxyl groups is 1. The number of aliphatic hydroxyl groups excluding tert-OH is 1. The Balaban J connectivity index is 2.01. The second-order valence-corrected chi connectivity index (χ2v) is 4.24. The first-order valence-electron chi connectivity index (χ1n) is 6.23. The van der Waals surface area contributed by atoms with E-state index in [-0.39, 0.29) is 13.2 Å². The highest BCUT2D eigenvalue weighted by Crippen LogP contribution is 2.14. The highest BCUT2D eigenvalue weighted by atomic mass is 16.5. The van der Waals surface area contributed by atoms with Crippen molar-refractivity contribution in [1.82, 2.24) is 0 Å². The second-order valence-electron chi connectivity index (χ2n) is 4.24. The van der Waals surface area contributed by atoms with Crippen molar-refractivity contribution < 1.29 is 19.4 Å². The lowest BCUT2D eigenvalue weighted by molar-refractivity contribution is 0.0469. The summed E-state index contributed by atoms with van der Waals surface area (Å²) < 4.78 is 10.3. The van der Waals surface area contributed by atoms with Crippen LogP contribution in [-0.4, -0.2) is 18.2 Å². The largest absolute Gasteiger partial charge is 0.497 e. The molecule has 0 aliphatic rings. The van der Waals surface area contributed by atoms with E-state index in [0.717, 1.165) is 11.3 Å². The van der Waals surface area contributed by atoms with Gasteiger partial charge >= 0.3 is 5.97 Å². The average molecular weight is 272 g/mol. The molecule has 0 radical (unpaired) electrons. The Labute approximate surface area is 117 Å². The summed E-state index contributed by atoms with van der Waals surface area (Å²) in [5, 5.41) is 9.19. The highest BCUT2D eigenvalue weighted by molar-refractivity contribution is 5.91. The van der Waals surface area contributed by atoms with Crippen molar-refractivity contribution in [3.05, 3.63) is 65.2 Å². The maximum atomic E-state index is 12.0. The first kappa shape index (κ1) is 14.1. The van der Waals surface area contributed by atoms with Crippen molar-refractivity contribution in [3.63, 3.8) is 0 Å². The van der Waals surface area contributed by atoms with Crippen molar-refractivity contribution in [1.29, 1.82) is 0 Å². The molecule has 0 amide bonds. The van der Waals surface area contributed by atoms with Crippen LogP contribution in [0.5, 0.6) is 5.75 Å². The lowest BCUT2D eigenvalue weighted by Gasteiger charge is -2.08. The van der Waals surface area contributed by atoms with Crippen LogP contribution in [-0.2, 0) is 18.0 Å². The van der Waals surface area contributed by atoms with Crippen LogP contribution in [0.3, 0.4) is 0 Å². The quantitative estimate of drug-likeness (QED) is 0.850. The molecule has 4 heteroatoms. The Hall–Kier alpha value is -2.33. The van der Waals surface area contributed by atoms with Gasteiger partial charge in [0.15, 0.2) is 0 Å². The zero-order chi connectivity index (χ0) is 14.4. The SMILES string of the molecule is COc1ccc(COC(=O)c2ccccc2CO)cc1. The van der Waals surface area contributed by atoms with E-state index in [1.165, 1.54) is 0 Å². The summed E-state index contributed by atoms with van der Waals surface area (Å²) in [5.41, 5.74) is 1.83. The van der Waals surface area contributed by atoms with Crippen LogP contribution in [0.15, 0.2) is 48.5 Å². The number of ether oxygens (including phenoxy) is 2. The molecule has 1 N–H and O–H groups in total. The van der Waals surface area contributed by atoms with E-state index in [0.29, 0.717) is 11.1 Å². The zero-order valence-corrected chi connectivity index (χ0v) is 11.2. The summed E-state index contributed by atoms with van der Waals surface area (Å²) in [4.78, 5) is 12.0. The summed E-state index contributed by atoms with van der Waals surface area (Å²) in [6.07, 6.45) is 0. The summed E-state index contributed by atoms with van der Waals surface area (Å²) in [6, 6.07) is 14.1. The molecule has 0 spiro atoms. The molecular weight excluding hydrogens is 256 g/mol. The van der Waals surface area contributed by atoms with Crippen LogP contribution >= 0.6 is 0 Å². The smallest absolute Gasteiger partial charge is 0.338 e. The van der Waals surface area contributed by atoms with E-state index in [1.54, 1.807) is 31.4 Å². The molecule has 2 aromatic rings. The van der Waals surface area contributed by atoms with Gasteiger partial charge in [-0.15, -0.1) is 0 Å². The van der Waals surface area contributed by atoms with Crippen molar-refractivity contribution in [2.45, 2.75) is 13.2 Å². The summed E-state index contributed by atoms with van der Waals surface area (Å²) in [7, 11) is 1.60. The van der Waals surface area contributed by atoms with Crippen molar-refractivity contribution >= 4 is 5.97 Å². The van der Waals surface area contributed by atoms with Gasteiger partial charge < -0.3 is 14.6 Å². The molecule has 4 nitrogen and oxygen atoms in total. The van der Waals surface area contributed by atoms with E-state index in [2.05, 4.69) is 0 Å². The van der Waals surface area contributed by atoms with Crippen LogP contribution in [0.4, 0.5) is 0 Å². The summed E-state index contributed by atoms with van der Waals surface area (Å²) in [5.74, 6) is 0.316. The number of rotatable bonds is 5. The number of carbonyl (C=O) groups excluding carboxylic acids is 1. The standard InChI is InChI=1S/C16H16O4/c1-19-14-8-6-12(7-9-14)11-20-16(18)15-5-3-2-4-13(15)10-17/h2-9,17H,10-11H2,1H3. The first-order valence-corrected chi connectivity index (χ1v) is 6.23. The second kappa shape index (κ2) is 6.73. The Kier molecular flexibility index (Phi) is 4.74. The molecular formula is C16H16O4. The molecule has 2 aromatic carbocycles. The minimum Gasteiger partial charge on any atom is -0.497 e. The third-order valence-electron chi connectivity index (χ3n) is 2.94. The highest BCUT2D eigenvalue weighted by Gasteiger charge is 2.11. The van der Waals surface area contributed by atoms with Crippen molar-refractivity contribution in [2.24, 2.45) is 0 Å². The molecule has 0 fully saturated rings. The normalized spacial score (nSPS) is 10.1. The maximum absolute atomic E-state index is 12.0. The van der Waals surface area contributed by atoms with E-state index >= 15 is 0 Å². The lowest BCUT2D eigenvalue weighted by atomic mass is 10.1. The van der Waals surface area contributed by atoms with Crippen molar-refractivity contribution in [2.75, 3.05) is 7.11 Å². The monoisotopic (exact) mass is 272 g/mol. The van der Waals surface area contributed by atoms with Gasteiger partial charge in [-0.25, -0.2) is 4.79 Å². The molecule has 0 bridgehead atoms. The van der Waals surface area contributed by atoms with E-state index in [4.69, 9.17) is 9.47 Å². The first-order chi connectivity index (χ1) is 9.74. The van der Waals surface area contributed by atoms with E-state index < -0.39 is 5.97 Å². The predicted molar refractivity (Wildman–Crippen MR) is 74.5 cm³/mol. The molecule has 20 heavy (non-hydrogen) atoms. The van der Waals surface area contributed by atoms with Gasteiger partial charge in [0.05, 0.1) is 19.3 Å². The molecule has 0 heterocycles. The number of carbonyl (C=O) groups is 1. The predicted octanol–water partition coefficient (Wildman–Crippen LogP) is 2.54. The van der Waals surface area contributed by atoms with Crippen LogP contribution in [0.1, 0.15) is 21.5 Å². The van der Waals surface area contributed by atoms with Gasteiger partial charge in [0.2, 0.25) is 0 Å². The van der Waals surface area contributed by atoms with Gasteiger partial charge in [-0.05, 0) is 29.3 Å². The topological polar surface area (TPSA) is 55.8 Å². The molecule has 0 unspecified atom stereocenters. The fraction of sp³-hybridized carbons (Fsp3) is 0.188. The third-order valence-corrected chi connectivity index (χ3v) is 2.94. The van der Waals surface area contributed by atoms with Crippen LogP contribution in [0, 0.1) is 0 Å². The van der Waals surface area contributed by atoms with Crippen LogP contribution in [0.2, 0.25) is 0 Å². The number of methoxy groups -OCH3 is 1. The Morgan fingerprint density at radius 1 is 1.10 bits per heavy atom. The molecule has 104 valence electrons. The van der Waals surface area contributed by atoms with Crippen LogP contribution in [0.25, 0.3) is 0 Å². The number of benzene rings is 2. The Bertz CT molecular complexity index is 575. The van der Waals surface area contributed by atoms with E-state index in [9.17, 15) is 9.90 Å². The fourth-order valence-corrected chi connectivity index (χ4v) is 1.81. The van der Waals surface area contributed by atoms with Gasteiger partial charge in [0.25, 0.3) is 0 Å². The van der Waals surface area contributed by atoms with Crippen LogP contribution < -0.4 is 4.74 Å². The molecule has 0 aliphatic heterocycles. The third kappa shape index (κ3) is 3.36. The summed E-state index contributed by atoms with van der Waals surface area (Å²) in [6.45, 7) is -0.00357. The minimum atomic E-state index is -0.439. The minimum absolute atomic E-state index is 0.183. The van der Waals surface area contributed by atoms with Gasteiger partial charge in [-0.1, -0.05) is 30.3 Å². The van der Waals surface area contributed by atoms with Gasteiger partial charge in [-0.2, -0.15) is 0 Å². The van der Waals surface area contributed by atoms with Crippen molar-refractivity contribution in [3.8, 4) is 5.75 Å². The molecule has 0 atom stereocenters. The van der Waals surface area contributed by atoms with E-state index in [1.807, 2.05) is 24.3 Å². The number of esters is 1. The fourth-order valence-electron chi connectivity index (χ4n) is 1.81. The summed E-state index contributed by atoms with van der Waals surface area (Å²) >= 11 is 0. The molecule has 0 aromatic heterocycles. The lowest BCUT2D eigenvalue weighted by Crippen LogP contribution is -2.08. The zero-order valence-electron chi connectivity index (χ0n) is 11.2. The van der Waals surface area contributed by atoms with Gasteiger partial charge in [0, 0.05) is 0 Å². The average Bonchev–Trinajstić information content (AvgIpc) is 2.53. The molecule has 0 aliphatic carbocycles. The Morgan fingerprint density at radius 3 is 2.45 bits per heavy atom. The number of hydrogen-bond donors (Lipinski definition) is 1. The Morgan fingerprint density at radius 2 is 1.80 bits per heavy atom. The molecule has 0 saturated carbocycles. The maximum Gasteiger partial charge on any atom is 0.338 e. The van der Waals surface area contributed by atoms with Gasteiger partial charge in [-0.3, -0.25) is 0 Å².